The molecule has 0 bridgehead atoms. The van der Waals surface area contributed by atoms with Crippen molar-refractivity contribution >= 4 is 51.0 Å². The number of imidazole rings is 1. The van der Waals surface area contributed by atoms with Crippen LogP contribution < -0.4 is 16.3 Å². The van der Waals surface area contributed by atoms with Crippen LogP contribution in [0.3, 0.4) is 0 Å². The van der Waals surface area contributed by atoms with Gasteiger partial charge in [0.05, 0.1) is 22.1 Å². The molecule has 0 atom stereocenters. The lowest BCUT2D eigenvalue weighted by Crippen LogP contribution is -2.07. The second-order valence-electron chi connectivity index (χ2n) is 6.82. The molecule has 0 radical (unpaired) electrons. The zero-order chi connectivity index (χ0) is 20.5. The number of nitrogens with zero attached hydrogens (tertiary/aromatic N) is 2. The molecule has 0 unspecified atom stereocenters. The summed E-state index contributed by atoms with van der Waals surface area (Å²) in [4.78, 5) is 26.5. The third-order valence-corrected chi connectivity index (χ3v) is 5.12. The van der Waals surface area contributed by atoms with Crippen molar-refractivity contribution in [2.75, 3.05) is 10.6 Å². The van der Waals surface area contributed by atoms with Gasteiger partial charge in [0, 0.05) is 17.3 Å². The number of nitrogens with one attached hydrogen (secondary N) is 4. The van der Waals surface area contributed by atoms with Crippen LogP contribution in [0.5, 0.6) is 0 Å². The summed E-state index contributed by atoms with van der Waals surface area (Å²) in [5.41, 5.74) is 4.52. The van der Waals surface area contributed by atoms with Gasteiger partial charge in [-0.15, -0.1) is 0 Å². The highest BCUT2D eigenvalue weighted by atomic mass is 35.5. The lowest BCUT2D eigenvalue weighted by molar-refractivity contribution is 1.11. The first-order valence-electron chi connectivity index (χ1n) is 9.39. The Balaban J connectivity index is 1.52. The minimum Gasteiger partial charge on any atom is -0.363 e. The van der Waals surface area contributed by atoms with Crippen LogP contribution in [0.25, 0.3) is 22.1 Å². The Morgan fingerprint density at radius 1 is 0.833 bits per heavy atom. The van der Waals surface area contributed by atoms with E-state index in [-0.39, 0.29) is 5.69 Å². The summed E-state index contributed by atoms with van der Waals surface area (Å²) in [7, 11) is 0. The molecular formula is C22H17ClN6O. The number of hydrogen-bond acceptors (Lipinski definition) is 5. The standard InChI is InChI=1S/C22H17ClN6O/c23-15-6-2-1-5-13(15)12-24-20-21(27-17-8-4-3-7-16(17)26-20)25-14-9-10-18-19(11-14)29-22(30)28-18/h1-11H,12H2,(H,24,26)(H,25,27)(H2,28,29,30). The molecule has 0 fully saturated rings. The molecule has 148 valence electrons. The normalized spacial score (nSPS) is 11.1. The first-order chi connectivity index (χ1) is 14.7. The van der Waals surface area contributed by atoms with Crippen molar-refractivity contribution in [2.45, 2.75) is 6.54 Å². The smallest absolute Gasteiger partial charge is 0.323 e. The van der Waals surface area contributed by atoms with E-state index in [2.05, 4.69) is 20.6 Å². The third kappa shape index (κ3) is 3.58. The summed E-state index contributed by atoms with van der Waals surface area (Å²) >= 11 is 6.29. The number of aromatic nitrogens is 4. The molecule has 0 aliphatic heterocycles. The zero-order valence-electron chi connectivity index (χ0n) is 15.7. The fourth-order valence-corrected chi connectivity index (χ4v) is 3.48. The molecule has 8 heteroatoms. The maximum atomic E-state index is 11.5. The third-order valence-electron chi connectivity index (χ3n) is 4.75. The summed E-state index contributed by atoms with van der Waals surface area (Å²) in [6.07, 6.45) is 0. The Hall–Kier alpha value is -3.84. The van der Waals surface area contributed by atoms with Gasteiger partial charge in [-0.1, -0.05) is 41.9 Å². The van der Waals surface area contributed by atoms with Crippen LogP contribution in [0.2, 0.25) is 5.02 Å². The van der Waals surface area contributed by atoms with Gasteiger partial charge in [0.1, 0.15) is 0 Å². The SMILES string of the molecule is O=c1[nH]c2ccc(Nc3nc4ccccc4nc3NCc3ccccc3Cl)cc2[nH]1. The number of hydrogen-bond donors (Lipinski definition) is 4. The summed E-state index contributed by atoms with van der Waals surface area (Å²) in [6.45, 7) is 0.505. The van der Waals surface area contributed by atoms with E-state index >= 15 is 0 Å². The van der Waals surface area contributed by atoms with Crippen molar-refractivity contribution in [3.8, 4) is 0 Å². The van der Waals surface area contributed by atoms with Crippen molar-refractivity contribution in [1.29, 1.82) is 0 Å². The molecule has 4 N–H and O–H groups in total. The predicted octanol–water partition coefficient (Wildman–Crippen LogP) is 4.81. The van der Waals surface area contributed by atoms with Crippen LogP contribution >= 0.6 is 11.6 Å². The fraction of sp³-hybridized carbons (Fsp3) is 0.0455. The van der Waals surface area contributed by atoms with Gasteiger partial charge in [-0.05, 0) is 42.0 Å². The highest BCUT2D eigenvalue weighted by molar-refractivity contribution is 6.31. The number of anilines is 3. The number of fused-ring (bicyclic) bond motifs is 2. The van der Waals surface area contributed by atoms with Crippen molar-refractivity contribution in [3.05, 3.63) is 87.8 Å². The molecule has 0 aliphatic carbocycles. The Bertz CT molecular complexity index is 1420. The zero-order valence-corrected chi connectivity index (χ0v) is 16.5. The predicted molar refractivity (Wildman–Crippen MR) is 121 cm³/mol. The summed E-state index contributed by atoms with van der Waals surface area (Å²) < 4.78 is 0. The van der Waals surface area contributed by atoms with Crippen LogP contribution in [0.4, 0.5) is 17.3 Å². The van der Waals surface area contributed by atoms with Gasteiger partial charge in [-0.2, -0.15) is 0 Å². The Kier molecular flexibility index (Phi) is 4.57. The average molecular weight is 417 g/mol. The monoisotopic (exact) mass is 416 g/mol. The molecule has 5 rings (SSSR count). The molecule has 3 aromatic carbocycles. The van der Waals surface area contributed by atoms with Crippen LogP contribution in [0.1, 0.15) is 5.56 Å². The topological polar surface area (TPSA) is 98.5 Å². The molecule has 7 nitrogen and oxygen atoms in total. The van der Waals surface area contributed by atoms with E-state index in [1.807, 2.05) is 66.7 Å². The number of rotatable bonds is 5. The Morgan fingerprint density at radius 2 is 1.53 bits per heavy atom. The molecule has 2 aromatic heterocycles. The van der Waals surface area contributed by atoms with Crippen molar-refractivity contribution < 1.29 is 0 Å². The maximum absolute atomic E-state index is 11.5. The molecular weight excluding hydrogens is 400 g/mol. The molecule has 5 aromatic rings. The van der Waals surface area contributed by atoms with Gasteiger partial charge in [-0.25, -0.2) is 14.8 Å². The lowest BCUT2D eigenvalue weighted by Gasteiger charge is -2.14. The highest BCUT2D eigenvalue weighted by Gasteiger charge is 2.11. The molecule has 2 heterocycles. The Morgan fingerprint density at radius 3 is 2.33 bits per heavy atom. The largest absolute Gasteiger partial charge is 0.363 e. The van der Waals surface area contributed by atoms with Gasteiger partial charge in [0.15, 0.2) is 11.6 Å². The number of para-hydroxylation sites is 2. The minimum atomic E-state index is -0.241. The van der Waals surface area contributed by atoms with E-state index in [4.69, 9.17) is 21.6 Å². The van der Waals surface area contributed by atoms with E-state index in [1.165, 1.54) is 0 Å². The van der Waals surface area contributed by atoms with E-state index in [1.54, 1.807) is 0 Å². The minimum absolute atomic E-state index is 0.241. The summed E-state index contributed by atoms with van der Waals surface area (Å²) in [5.74, 6) is 1.19. The second-order valence-corrected chi connectivity index (χ2v) is 7.23. The van der Waals surface area contributed by atoms with Crippen molar-refractivity contribution in [2.24, 2.45) is 0 Å². The van der Waals surface area contributed by atoms with Gasteiger partial charge in [-0.3, -0.25) is 0 Å². The van der Waals surface area contributed by atoms with Gasteiger partial charge < -0.3 is 20.6 Å². The average Bonchev–Trinajstić information content (AvgIpc) is 3.12. The fourth-order valence-electron chi connectivity index (χ4n) is 3.28. The van der Waals surface area contributed by atoms with Crippen LogP contribution in [0, 0.1) is 0 Å². The Labute approximate surface area is 176 Å². The van der Waals surface area contributed by atoms with Gasteiger partial charge >= 0.3 is 5.69 Å². The molecule has 0 spiro atoms. The van der Waals surface area contributed by atoms with Crippen LogP contribution in [-0.2, 0) is 6.54 Å². The summed E-state index contributed by atoms with van der Waals surface area (Å²) in [6, 6.07) is 20.9. The van der Waals surface area contributed by atoms with Crippen LogP contribution in [0.15, 0.2) is 71.5 Å². The van der Waals surface area contributed by atoms with E-state index in [0.717, 1.165) is 27.8 Å². The molecule has 0 aliphatic rings. The molecule has 30 heavy (non-hydrogen) atoms. The van der Waals surface area contributed by atoms with E-state index in [0.29, 0.717) is 28.7 Å². The van der Waals surface area contributed by atoms with Crippen molar-refractivity contribution in [3.63, 3.8) is 0 Å². The first-order valence-corrected chi connectivity index (χ1v) is 9.77. The molecule has 0 amide bonds. The quantitative estimate of drug-likeness (QED) is 0.329. The maximum Gasteiger partial charge on any atom is 0.323 e. The van der Waals surface area contributed by atoms with Gasteiger partial charge in [0.2, 0.25) is 0 Å². The second kappa shape index (κ2) is 7.53. The molecule has 0 saturated heterocycles. The number of H-pyrrole nitrogens is 2. The summed E-state index contributed by atoms with van der Waals surface area (Å²) in [5, 5.41) is 7.34. The highest BCUT2D eigenvalue weighted by Crippen LogP contribution is 2.27. The van der Waals surface area contributed by atoms with E-state index in [9.17, 15) is 4.79 Å². The van der Waals surface area contributed by atoms with E-state index < -0.39 is 0 Å². The van der Waals surface area contributed by atoms with Gasteiger partial charge in [0.25, 0.3) is 0 Å². The lowest BCUT2D eigenvalue weighted by atomic mass is 10.2. The van der Waals surface area contributed by atoms with Crippen LogP contribution in [-0.4, -0.2) is 19.9 Å². The number of benzene rings is 3. The first kappa shape index (κ1) is 18.2. The van der Waals surface area contributed by atoms with Crippen molar-refractivity contribution in [1.82, 2.24) is 19.9 Å². The number of aromatic amines is 2. The number of halogens is 1. The molecule has 0 saturated carbocycles.